The first kappa shape index (κ1) is 27.8. The van der Waals surface area contributed by atoms with E-state index in [9.17, 15) is 13.6 Å². The van der Waals surface area contributed by atoms with Gasteiger partial charge in [0, 0.05) is 32.6 Å². The molecule has 1 saturated heterocycles. The van der Waals surface area contributed by atoms with Gasteiger partial charge in [-0.15, -0.1) is 12.4 Å². The zero-order valence-corrected chi connectivity index (χ0v) is 21.1. The molecule has 2 aromatic carbocycles. The molecule has 0 amide bonds. The minimum absolute atomic E-state index is 0. The fourth-order valence-corrected chi connectivity index (χ4v) is 5.11. The van der Waals surface area contributed by atoms with Crippen molar-refractivity contribution in [1.82, 2.24) is 19.2 Å². The highest BCUT2D eigenvalue weighted by molar-refractivity contribution is 5.85. The Morgan fingerprint density at radius 2 is 1.36 bits per heavy atom. The molecule has 0 bridgehead atoms. The van der Waals surface area contributed by atoms with Crippen LogP contribution in [0.4, 0.5) is 8.78 Å². The van der Waals surface area contributed by atoms with Gasteiger partial charge in [-0.05, 0) is 66.6 Å². The van der Waals surface area contributed by atoms with Crippen LogP contribution in [-0.2, 0) is 19.5 Å². The summed E-state index contributed by atoms with van der Waals surface area (Å²) in [6.07, 6.45) is 5.93. The molecule has 0 aliphatic carbocycles. The van der Waals surface area contributed by atoms with Crippen LogP contribution in [-0.4, -0.2) is 44.4 Å². The van der Waals surface area contributed by atoms with E-state index < -0.39 is 0 Å². The fourth-order valence-electron chi connectivity index (χ4n) is 5.11. The van der Waals surface area contributed by atoms with E-state index in [-0.39, 0.29) is 35.2 Å². The van der Waals surface area contributed by atoms with Crippen molar-refractivity contribution in [3.05, 3.63) is 93.2 Å². The van der Waals surface area contributed by atoms with Gasteiger partial charge in [0.2, 0.25) is 0 Å². The number of rotatable bonds is 5. The molecule has 3 aromatic rings. The van der Waals surface area contributed by atoms with Gasteiger partial charge in [0.15, 0.2) is 0 Å². The molecule has 1 fully saturated rings. The average molecular weight is 519 g/mol. The zero-order valence-electron chi connectivity index (χ0n) is 20.3. The Balaban J connectivity index is 0.00000180. The molecule has 0 spiro atoms. The summed E-state index contributed by atoms with van der Waals surface area (Å²) in [6, 6.07) is 13.1. The number of fused-ring (bicyclic) bond motifs is 1. The number of piperidine rings is 1. The molecular weight excluding hydrogens is 486 g/mol. The van der Waals surface area contributed by atoms with E-state index in [0.29, 0.717) is 6.54 Å². The van der Waals surface area contributed by atoms with Crippen molar-refractivity contribution >= 4 is 18.0 Å². The second-order valence-corrected chi connectivity index (χ2v) is 9.22. The number of aromatic nitrogens is 3. The second-order valence-electron chi connectivity index (χ2n) is 9.22. The average Bonchev–Trinajstić information content (AvgIpc) is 3.00. The fraction of sp³-hybridized carbons (Fsp3) is 0.407. The third-order valence-electron chi connectivity index (χ3n) is 6.99. The lowest BCUT2D eigenvalue weighted by Crippen LogP contribution is -2.36. The van der Waals surface area contributed by atoms with Gasteiger partial charge >= 0.3 is 5.69 Å². The molecule has 3 heterocycles. The Morgan fingerprint density at radius 1 is 0.778 bits per heavy atom. The van der Waals surface area contributed by atoms with Crippen LogP contribution in [0.1, 0.15) is 49.1 Å². The first-order valence-corrected chi connectivity index (χ1v) is 12.2. The number of hydrogen-bond acceptors (Lipinski definition) is 3. The highest BCUT2D eigenvalue weighted by atomic mass is 35.5. The first-order chi connectivity index (χ1) is 16.6. The monoisotopic (exact) mass is 518 g/mol. The highest BCUT2D eigenvalue weighted by Crippen LogP contribution is 2.32. The third-order valence-corrected chi connectivity index (χ3v) is 6.99. The van der Waals surface area contributed by atoms with Gasteiger partial charge in [0.1, 0.15) is 17.5 Å². The van der Waals surface area contributed by atoms with E-state index in [4.69, 9.17) is 0 Å². The molecule has 0 radical (unpaired) electrons. The van der Waals surface area contributed by atoms with Crippen LogP contribution >= 0.6 is 12.4 Å². The zero-order chi connectivity index (χ0) is 23.5. The quantitative estimate of drug-likeness (QED) is 0.507. The molecule has 36 heavy (non-hydrogen) atoms. The molecule has 2 aliphatic heterocycles. The number of likely N-dealkylation sites (tertiary alicyclic amines) is 1. The molecule has 6 nitrogen and oxygen atoms in total. The third kappa shape index (κ3) is 6.11. The normalized spacial score (nSPS) is 15.9. The van der Waals surface area contributed by atoms with Crippen molar-refractivity contribution in [3.8, 4) is 0 Å². The molecule has 1 aromatic heterocycles. The molecule has 2 aliphatic rings. The SMILES string of the molecule is Cl.O.O=c1n(CCN2CCC(=C(c3ccc(F)cc3)c3ccc(F)cc3)CC2)nc2n1CCCCC2. The number of nitrogens with zero attached hydrogens (tertiary/aromatic N) is 4. The van der Waals surface area contributed by atoms with Crippen LogP contribution in [0.2, 0.25) is 0 Å². The van der Waals surface area contributed by atoms with Crippen LogP contribution in [0.3, 0.4) is 0 Å². The minimum atomic E-state index is -0.270. The summed E-state index contributed by atoms with van der Waals surface area (Å²) < 4.78 is 30.6. The van der Waals surface area contributed by atoms with Gasteiger partial charge in [-0.3, -0.25) is 4.57 Å². The lowest BCUT2D eigenvalue weighted by Gasteiger charge is -2.30. The number of hydrogen-bond donors (Lipinski definition) is 0. The second kappa shape index (κ2) is 12.4. The van der Waals surface area contributed by atoms with E-state index in [1.54, 1.807) is 28.9 Å². The maximum absolute atomic E-state index is 13.5. The van der Waals surface area contributed by atoms with Crippen molar-refractivity contribution in [3.63, 3.8) is 0 Å². The maximum atomic E-state index is 13.5. The van der Waals surface area contributed by atoms with Gasteiger partial charge in [-0.25, -0.2) is 18.3 Å². The van der Waals surface area contributed by atoms with Crippen molar-refractivity contribution < 1.29 is 14.3 Å². The molecule has 5 rings (SSSR count). The van der Waals surface area contributed by atoms with Crippen LogP contribution in [0, 0.1) is 11.6 Å². The molecule has 194 valence electrons. The molecular formula is C27H33ClF2N4O2. The molecule has 2 N–H and O–H groups in total. The Hall–Kier alpha value is -2.81. The Labute approximate surface area is 216 Å². The van der Waals surface area contributed by atoms with Gasteiger partial charge < -0.3 is 10.4 Å². The van der Waals surface area contributed by atoms with Crippen molar-refractivity contribution in [2.75, 3.05) is 19.6 Å². The Morgan fingerprint density at radius 3 is 1.94 bits per heavy atom. The summed E-state index contributed by atoms with van der Waals surface area (Å²) >= 11 is 0. The van der Waals surface area contributed by atoms with Crippen LogP contribution in [0.5, 0.6) is 0 Å². The summed E-state index contributed by atoms with van der Waals surface area (Å²) in [5, 5.41) is 4.60. The van der Waals surface area contributed by atoms with Crippen LogP contribution in [0.25, 0.3) is 5.57 Å². The van der Waals surface area contributed by atoms with Crippen LogP contribution in [0.15, 0.2) is 58.9 Å². The largest absolute Gasteiger partial charge is 0.412 e. The predicted octanol–water partition coefficient (Wildman–Crippen LogP) is 4.24. The van der Waals surface area contributed by atoms with E-state index in [0.717, 1.165) is 87.2 Å². The Bertz CT molecular complexity index is 1180. The number of benzene rings is 2. The highest BCUT2D eigenvalue weighted by Gasteiger charge is 2.21. The first-order valence-electron chi connectivity index (χ1n) is 12.2. The standard InChI is InChI=1S/C27H30F2N4O.ClH.H2O/c28-23-9-5-20(6-10-23)26(21-7-11-24(29)12-8-21)22-13-16-31(17-14-22)18-19-33-27(34)32-15-3-1-2-4-25(32)30-33;;/h5-12H,1-4,13-19H2;1H;1H2. The van der Waals surface area contributed by atoms with Gasteiger partial charge in [-0.1, -0.05) is 36.3 Å². The minimum Gasteiger partial charge on any atom is -0.412 e. The predicted molar refractivity (Wildman–Crippen MR) is 139 cm³/mol. The van der Waals surface area contributed by atoms with Gasteiger partial charge in [-0.2, -0.15) is 5.10 Å². The number of halogens is 3. The van der Waals surface area contributed by atoms with Crippen molar-refractivity contribution in [1.29, 1.82) is 0 Å². The summed E-state index contributed by atoms with van der Waals surface area (Å²) in [4.78, 5) is 15.1. The summed E-state index contributed by atoms with van der Waals surface area (Å²) in [5.41, 5.74) is 4.27. The van der Waals surface area contributed by atoms with Crippen molar-refractivity contribution in [2.24, 2.45) is 0 Å². The summed E-state index contributed by atoms with van der Waals surface area (Å²) in [7, 11) is 0. The summed E-state index contributed by atoms with van der Waals surface area (Å²) in [5.74, 6) is 0.386. The van der Waals surface area contributed by atoms with E-state index in [1.807, 2.05) is 4.57 Å². The summed E-state index contributed by atoms with van der Waals surface area (Å²) in [6.45, 7) is 3.92. The maximum Gasteiger partial charge on any atom is 0.345 e. The van der Waals surface area contributed by atoms with Crippen molar-refractivity contribution in [2.45, 2.75) is 51.6 Å². The number of aryl methyl sites for hydroxylation is 1. The Kier molecular flexibility index (Phi) is 9.59. The van der Waals surface area contributed by atoms with Gasteiger partial charge in [0.25, 0.3) is 0 Å². The topological polar surface area (TPSA) is 74.6 Å². The van der Waals surface area contributed by atoms with E-state index >= 15 is 0 Å². The van der Waals surface area contributed by atoms with Crippen LogP contribution < -0.4 is 5.69 Å². The molecule has 0 unspecified atom stereocenters. The lowest BCUT2D eigenvalue weighted by molar-refractivity contribution is 0.241. The molecule has 0 saturated carbocycles. The molecule has 0 atom stereocenters. The lowest BCUT2D eigenvalue weighted by atomic mass is 9.88. The molecule has 9 heteroatoms. The smallest absolute Gasteiger partial charge is 0.345 e. The van der Waals surface area contributed by atoms with E-state index in [2.05, 4.69) is 10.00 Å². The van der Waals surface area contributed by atoms with Gasteiger partial charge in [0.05, 0.1) is 6.54 Å². The van der Waals surface area contributed by atoms with E-state index in [1.165, 1.54) is 29.8 Å².